The predicted octanol–water partition coefficient (Wildman–Crippen LogP) is 1.27. The molecule has 0 fully saturated rings. The van der Waals surface area contributed by atoms with E-state index in [1.807, 2.05) is 13.8 Å². The lowest BCUT2D eigenvalue weighted by Crippen LogP contribution is -2.26. The first-order valence-corrected chi connectivity index (χ1v) is 6.12. The number of carbonyl (C=O) groups excluding carboxylic acids is 1. The fourth-order valence-electron chi connectivity index (χ4n) is 1.39. The topological polar surface area (TPSA) is 59.8 Å². The highest BCUT2D eigenvalue weighted by molar-refractivity contribution is 7.11. The van der Waals surface area contributed by atoms with Gasteiger partial charge in [0, 0.05) is 17.3 Å². The van der Waals surface area contributed by atoms with Gasteiger partial charge in [-0.2, -0.15) is 0 Å². The Morgan fingerprint density at radius 2 is 2.35 bits per heavy atom. The summed E-state index contributed by atoms with van der Waals surface area (Å²) in [5.41, 5.74) is 1.04. The summed E-state index contributed by atoms with van der Waals surface area (Å²) >= 11 is 1.62. The van der Waals surface area contributed by atoms with E-state index in [4.69, 9.17) is 0 Å². The van der Waals surface area contributed by atoms with Crippen molar-refractivity contribution in [3.8, 4) is 0 Å². The molecular weight excluding hydrogens is 236 g/mol. The lowest BCUT2D eigenvalue weighted by atomic mass is 10.4. The Morgan fingerprint density at radius 3 is 2.94 bits per heavy atom. The summed E-state index contributed by atoms with van der Waals surface area (Å²) in [5, 5.41) is 3.78. The maximum atomic E-state index is 11.6. The molecule has 17 heavy (non-hydrogen) atoms. The Kier molecular flexibility index (Phi) is 3.53. The summed E-state index contributed by atoms with van der Waals surface area (Å²) < 4.78 is 1.73. The number of rotatable bonds is 4. The molecule has 2 aromatic rings. The maximum absolute atomic E-state index is 11.6. The van der Waals surface area contributed by atoms with Crippen LogP contribution < -0.4 is 5.32 Å². The van der Waals surface area contributed by atoms with Crippen LogP contribution in [0.4, 0.5) is 0 Å². The van der Waals surface area contributed by atoms with Crippen molar-refractivity contribution in [1.29, 1.82) is 0 Å². The fourth-order valence-corrected chi connectivity index (χ4v) is 2.26. The van der Waals surface area contributed by atoms with Crippen LogP contribution in [0.2, 0.25) is 0 Å². The van der Waals surface area contributed by atoms with Crippen LogP contribution in [0.5, 0.6) is 0 Å². The highest BCUT2D eigenvalue weighted by atomic mass is 32.1. The van der Waals surface area contributed by atoms with Gasteiger partial charge in [-0.1, -0.05) is 0 Å². The van der Waals surface area contributed by atoms with E-state index in [1.165, 1.54) is 4.88 Å². The van der Waals surface area contributed by atoms with Gasteiger partial charge in [-0.3, -0.25) is 4.79 Å². The van der Waals surface area contributed by atoms with Crippen LogP contribution in [0.1, 0.15) is 15.6 Å². The van der Waals surface area contributed by atoms with E-state index in [-0.39, 0.29) is 5.91 Å². The number of nitrogens with zero attached hydrogens (tertiary/aromatic N) is 3. The second-order valence-corrected chi connectivity index (χ2v) is 5.05. The van der Waals surface area contributed by atoms with Gasteiger partial charge in [0.1, 0.15) is 11.6 Å². The zero-order chi connectivity index (χ0) is 12.3. The molecule has 0 radical (unpaired) electrons. The van der Waals surface area contributed by atoms with Gasteiger partial charge in [0.25, 0.3) is 0 Å². The van der Waals surface area contributed by atoms with Gasteiger partial charge in [0.15, 0.2) is 0 Å². The third-order valence-corrected chi connectivity index (χ3v) is 3.47. The van der Waals surface area contributed by atoms with E-state index >= 15 is 0 Å². The molecule has 0 saturated carbocycles. The molecular formula is C11H14N4OS. The van der Waals surface area contributed by atoms with Gasteiger partial charge in [-0.05, 0) is 13.8 Å². The molecule has 0 aliphatic carbocycles. The van der Waals surface area contributed by atoms with Crippen LogP contribution in [0.15, 0.2) is 18.7 Å². The van der Waals surface area contributed by atoms with Crippen LogP contribution in [-0.2, 0) is 17.9 Å². The van der Waals surface area contributed by atoms with Crippen LogP contribution >= 0.6 is 11.3 Å². The number of nitrogens with one attached hydrogen (secondary N) is 1. The first kappa shape index (κ1) is 11.8. The minimum Gasteiger partial charge on any atom is -0.348 e. The fraction of sp³-hybridized carbons (Fsp3) is 0.364. The average Bonchev–Trinajstić information content (AvgIpc) is 2.87. The molecule has 90 valence electrons. The number of aryl methyl sites for hydroxylation is 2. The molecule has 0 aliphatic rings. The number of hydrogen-bond acceptors (Lipinski definition) is 4. The molecule has 0 bridgehead atoms. The van der Waals surface area contributed by atoms with Gasteiger partial charge in [0.05, 0.1) is 18.6 Å². The summed E-state index contributed by atoms with van der Waals surface area (Å²) in [5.74, 6) is -0.0338. The van der Waals surface area contributed by atoms with Gasteiger partial charge in [0.2, 0.25) is 5.91 Å². The minimum absolute atomic E-state index is 0.0338. The minimum atomic E-state index is -0.0338. The SMILES string of the molecule is Cc1nc(CNC(=O)Cn2ccnc2)sc1C. The molecule has 5 nitrogen and oxygen atoms in total. The van der Waals surface area contributed by atoms with Crippen molar-refractivity contribution in [2.75, 3.05) is 0 Å². The Morgan fingerprint density at radius 1 is 1.53 bits per heavy atom. The first-order chi connectivity index (χ1) is 8.15. The number of imidazole rings is 1. The van der Waals surface area contributed by atoms with Crippen LogP contribution in [-0.4, -0.2) is 20.4 Å². The van der Waals surface area contributed by atoms with Gasteiger partial charge < -0.3 is 9.88 Å². The van der Waals surface area contributed by atoms with Gasteiger partial charge in [-0.25, -0.2) is 9.97 Å². The molecule has 0 unspecified atom stereocenters. The quantitative estimate of drug-likeness (QED) is 0.889. The lowest BCUT2D eigenvalue weighted by Gasteiger charge is -2.03. The van der Waals surface area contributed by atoms with Crippen molar-refractivity contribution in [2.45, 2.75) is 26.9 Å². The van der Waals surface area contributed by atoms with Crippen LogP contribution in [0.25, 0.3) is 0 Å². The lowest BCUT2D eigenvalue weighted by molar-refractivity contribution is -0.121. The third kappa shape index (κ3) is 3.13. The summed E-state index contributed by atoms with van der Waals surface area (Å²) in [4.78, 5) is 21.0. The van der Waals surface area contributed by atoms with Crippen LogP contribution in [0, 0.1) is 13.8 Å². The number of aromatic nitrogens is 3. The zero-order valence-corrected chi connectivity index (χ0v) is 10.6. The summed E-state index contributed by atoms with van der Waals surface area (Å²) in [6.07, 6.45) is 5.04. The third-order valence-electron chi connectivity index (χ3n) is 2.39. The van der Waals surface area contributed by atoms with E-state index in [1.54, 1.807) is 34.6 Å². The highest BCUT2D eigenvalue weighted by Gasteiger charge is 2.06. The average molecular weight is 250 g/mol. The number of hydrogen-bond donors (Lipinski definition) is 1. The Balaban J connectivity index is 1.84. The largest absolute Gasteiger partial charge is 0.348 e. The molecule has 1 amide bonds. The molecule has 0 spiro atoms. The highest BCUT2D eigenvalue weighted by Crippen LogP contribution is 2.15. The second-order valence-electron chi connectivity index (χ2n) is 3.76. The van der Waals surface area contributed by atoms with Crippen molar-refractivity contribution < 1.29 is 4.79 Å². The predicted molar refractivity (Wildman–Crippen MR) is 65.7 cm³/mol. The smallest absolute Gasteiger partial charge is 0.240 e. The van der Waals surface area contributed by atoms with E-state index < -0.39 is 0 Å². The van der Waals surface area contributed by atoms with E-state index in [0.717, 1.165) is 10.7 Å². The molecule has 0 saturated heterocycles. The Labute approximate surface area is 104 Å². The molecule has 6 heteroatoms. The Hall–Kier alpha value is -1.69. The molecule has 0 atom stereocenters. The summed E-state index contributed by atoms with van der Waals surface area (Å²) in [7, 11) is 0. The number of carbonyl (C=O) groups is 1. The van der Waals surface area contributed by atoms with E-state index in [0.29, 0.717) is 13.1 Å². The van der Waals surface area contributed by atoms with Crippen molar-refractivity contribution >= 4 is 17.2 Å². The summed E-state index contributed by atoms with van der Waals surface area (Å²) in [6.45, 7) is 4.79. The summed E-state index contributed by atoms with van der Waals surface area (Å²) in [6, 6.07) is 0. The number of thiazole rings is 1. The van der Waals surface area contributed by atoms with Crippen molar-refractivity contribution in [2.24, 2.45) is 0 Å². The Bertz CT molecular complexity index is 484. The standard InChI is InChI=1S/C11H14N4OS/c1-8-9(2)17-11(14-8)5-13-10(16)6-15-4-3-12-7-15/h3-4,7H,5-6H2,1-2H3,(H,13,16). The first-order valence-electron chi connectivity index (χ1n) is 5.30. The van der Waals surface area contributed by atoms with Crippen molar-refractivity contribution in [3.63, 3.8) is 0 Å². The molecule has 2 heterocycles. The maximum Gasteiger partial charge on any atom is 0.240 e. The molecule has 0 aromatic carbocycles. The van der Waals surface area contributed by atoms with E-state index in [2.05, 4.69) is 15.3 Å². The normalized spacial score (nSPS) is 10.5. The van der Waals surface area contributed by atoms with Gasteiger partial charge in [-0.15, -0.1) is 11.3 Å². The number of amides is 1. The molecule has 0 aliphatic heterocycles. The van der Waals surface area contributed by atoms with Crippen molar-refractivity contribution in [3.05, 3.63) is 34.3 Å². The zero-order valence-electron chi connectivity index (χ0n) is 9.80. The van der Waals surface area contributed by atoms with Gasteiger partial charge >= 0.3 is 0 Å². The molecule has 2 aromatic heterocycles. The van der Waals surface area contributed by atoms with E-state index in [9.17, 15) is 4.79 Å². The second kappa shape index (κ2) is 5.09. The molecule has 2 rings (SSSR count). The van der Waals surface area contributed by atoms with Crippen molar-refractivity contribution in [1.82, 2.24) is 19.9 Å². The van der Waals surface area contributed by atoms with Crippen LogP contribution in [0.3, 0.4) is 0 Å². The monoisotopic (exact) mass is 250 g/mol. The molecule has 1 N–H and O–H groups in total.